The molecule has 0 spiro atoms. The molecule has 4 rings (SSSR count). The van der Waals surface area contributed by atoms with E-state index in [2.05, 4.69) is 20.8 Å². The zero-order valence-electron chi connectivity index (χ0n) is 22.6. The number of carboxylic acids is 2. The topological polar surface area (TPSA) is 197 Å². The van der Waals surface area contributed by atoms with Crippen LogP contribution in [-0.4, -0.2) is 100 Å². The molecule has 0 radical (unpaired) electrons. The molecule has 41 heavy (non-hydrogen) atoms. The number of aliphatic carboxylic acids is 2. The molecule has 2 aliphatic heterocycles. The molecular weight excluding hydrogens is 598 g/mol. The zero-order valence-corrected chi connectivity index (χ0v) is 25.0. The van der Waals surface area contributed by atoms with E-state index in [-0.39, 0.29) is 41.6 Å². The SMILES string of the molecule is CC(=O)N(c1sccc1CNC(=O)OC(C)(C)C)C1C(=O)N2CC(CSc3nnnn3CC(=O)O)(C(=O)O)CS[C@H]12. The van der Waals surface area contributed by atoms with Gasteiger partial charge in [0.15, 0.2) is 0 Å². The first-order valence-electron chi connectivity index (χ1n) is 12.3. The van der Waals surface area contributed by atoms with Crippen molar-refractivity contribution in [3.63, 3.8) is 0 Å². The average molecular weight is 628 g/mol. The lowest BCUT2D eigenvalue weighted by Gasteiger charge is -2.56. The Hall–Kier alpha value is -3.38. The number of anilines is 1. The van der Waals surface area contributed by atoms with E-state index < -0.39 is 47.0 Å². The Kier molecular flexibility index (Phi) is 8.84. The third-order valence-electron chi connectivity index (χ3n) is 6.21. The van der Waals surface area contributed by atoms with Crippen molar-refractivity contribution in [3.05, 3.63) is 17.0 Å². The Bertz CT molecular complexity index is 1360. The van der Waals surface area contributed by atoms with Crippen molar-refractivity contribution in [2.24, 2.45) is 5.41 Å². The van der Waals surface area contributed by atoms with Gasteiger partial charge < -0.3 is 25.2 Å². The molecule has 2 aliphatic rings. The molecular formula is C23H29N7O8S3. The van der Waals surface area contributed by atoms with Gasteiger partial charge in [0.1, 0.15) is 34.0 Å². The van der Waals surface area contributed by atoms with Gasteiger partial charge in [-0.3, -0.25) is 24.1 Å². The second-order valence-electron chi connectivity index (χ2n) is 10.5. The number of β-lactam (4-membered cyclic amide) rings is 1. The molecule has 2 aromatic heterocycles. The number of thiophene rings is 1. The number of aromatic nitrogens is 4. The summed E-state index contributed by atoms with van der Waals surface area (Å²) in [4.78, 5) is 64.8. The van der Waals surface area contributed by atoms with Crippen LogP contribution in [0.3, 0.4) is 0 Å². The lowest BCUT2D eigenvalue weighted by Crippen LogP contribution is -2.74. The highest BCUT2D eigenvalue weighted by atomic mass is 32.2. The number of fused-ring (bicyclic) bond motifs is 1. The molecule has 2 saturated heterocycles. The maximum atomic E-state index is 13.4. The fraction of sp³-hybridized carbons (Fsp3) is 0.565. The monoisotopic (exact) mass is 627 g/mol. The molecule has 18 heteroatoms. The highest BCUT2D eigenvalue weighted by molar-refractivity contribution is 8.00. The molecule has 15 nitrogen and oxygen atoms in total. The number of nitrogens with zero attached hydrogens (tertiary/aromatic N) is 6. The second kappa shape index (κ2) is 11.8. The number of amides is 3. The van der Waals surface area contributed by atoms with Crippen LogP contribution in [-0.2, 0) is 37.0 Å². The largest absolute Gasteiger partial charge is 0.481 e. The Labute approximate surface area is 246 Å². The first-order chi connectivity index (χ1) is 19.2. The van der Waals surface area contributed by atoms with Crippen molar-refractivity contribution in [3.8, 4) is 0 Å². The van der Waals surface area contributed by atoms with E-state index in [1.54, 1.807) is 32.2 Å². The van der Waals surface area contributed by atoms with Crippen molar-refractivity contribution in [1.29, 1.82) is 0 Å². The number of alkyl carbamates (subject to hydrolysis) is 1. The minimum absolute atomic E-state index is 0.00166. The summed E-state index contributed by atoms with van der Waals surface area (Å²) in [6.07, 6.45) is -0.613. The Morgan fingerprint density at radius 3 is 2.66 bits per heavy atom. The van der Waals surface area contributed by atoms with Crippen molar-refractivity contribution in [1.82, 2.24) is 30.4 Å². The number of carboxylic acid groups (broad SMARTS) is 2. The Morgan fingerprint density at radius 2 is 2.02 bits per heavy atom. The van der Waals surface area contributed by atoms with E-state index >= 15 is 0 Å². The summed E-state index contributed by atoms with van der Waals surface area (Å²) in [5.74, 6) is -2.86. The van der Waals surface area contributed by atoms with Crippen LogP contribution in [0.1, 0.15) is 33.3 Å². The van der Waals surface area contributed by atoms with Crippen LogP contribution < -0.4 is 10.2 Å². The maximum absolute atomic E-state index is 13.4. The third kappa shape index (κ3) is 6.59. The molecule has 0 bridgehead atoms. The number of hydrogen-bond donors (Lipinski definition) is 3. The smallest absolute Gasteiger partial charge is 0.407 e. The summed E-state index contributed by atoms with van der Waals surface area (Å²) in [5.41, 5.74) is -1.39. The van der Waals surface area contributed by atoms with Gasteiger partial charge in [-0.15, -0.1) is 28.2 Å². The molecule has 4 heterocycles. The van der Waals surface area contributed by atoms with Crippen LogP contribution in [0.4, 0.5) is 9.80 Å². The number of rotatable bonds is 10. The van der Waals surface area contributed by atoms with Gasteiger partial charge in [0.25, 0.3) is 0 Å². The minimum Gasteiger partial charge on any atom is -0.481 e. The number of hydrogen-bond acceptors (Lipinski definition) is 12. The van der Waals surface area contributed by atoms with E-state index in [9.17, 15) is 29.1 Å². The summed E-state index contributed by atoms with van der Waals surface area (Å²) in [6.45, 7) is 6.11. The second-order valence-corrected chi connectivity index (χ2v) is 13.4. The van der Waals surface area contributed by atoms with Crippen LogP contribution in [0.5, 0.6) is 0 Å². The van der Waals surface area contributed by atoms with Crippen molar-refractivity contribution in [2.75, 3.05) is 23.0 Å². The number of nitrogens with one attached hydrogen (secondary N) is 1. The number of thioether (sulfide) groups is 2. The van der Waals surface area contributed by atoms with E-state index in [1.165, 1.54) is 39.8 Å². The van der Waals surface area contributed by atoms with Crippen LogP contribution in [0, 0.1) is 5.41 Å². The molecule has 0 aromatic carbocycles. The first kappa shape index (κ1) is 30.6. The highest BCUT2D eigenvalue weighted by Crippen LogP contribution is 2.47. The maximum Gasteiger partial charge on any atom is 0.407 e. The molecule has 2 aromatic rings. The van der Waals surface area contributed by atoms with E-state index in [0.717, 1.165) is 16.4 Å². The van der Waals surface area contributed by atoms with Gasteiger partial charge in [-0.2, -0.15) is 0 Å². The van der Waals surface area contributed by atoms with Gasteiger partial charge in [0, 0.05) is 37.1 Å². The quantitative estimate of drug-likeness (QED) is 0.252. The van der Waals surface area contributed by atoms with Crippen LogP contribution >= 0.6 is 34.9 Å². The highest BCUT2D eigenvalue weighted by Gasteiger charge is 2.59. The molecule has 3 N–H and O–H groups in total. The third-order valence-corrected chi connectivity index (χ3v) is 9.99. The summed E-state index contributed by atoms with van der Waals surface area (Å²) < 4.78 is 6.34. The fourth-order valence-electron chi connectivity index (χ4n) is 4.34. The van der Waals surface area contributed by atoms with E-state index in [0.29, 0.717) is 10.6 Å². The lowest BCUT2D eigenvalue weighted by atomic mass is 9.89. The summed E-state index contributed by atoms with van der Waals surface area (Å²) in [6, 6.07) is 0.922. The van der Waals surface area contributed by atoms with Crippen molar-refractivity contribution >= 4 is 69.7 Å². The van der Waals surface area contributed by atoms with E-state index in [1.807, 2.05) is 0 Å². The number of ether oxygens (including phenoxy) is 1. The molecule has 3 atom stereocenters. The lowest BCUT2D eigenvalue weighted by molar-refractivity contribution is -0.156. The molecule has 2 fully saturated rings. The summed E-state index contributed by atoms with van der Waals surface area (Å²) in [5, 5.41) is 34.7. The van der Waals surface area contributed by atoms with Gasteiger partial charge in [-0.05, 0) is 42.6 Å². The van der Waals surface area contributed by atoms with Crippen LogP contribution in [0.15, 0.2) is 16.6 Å². The van der Waals surface area contributed by atoms with Gasteiger partial charge >= 0.3 is 18.0 Å². The summed E-state index contributed by atoms with van der Waals surface area (Å²) >= 11 is 3.53. The van der Waals surface area contributed by atoms with Crippen molar-refractivity contribution < 1.29 is 38.9 Å². The molecule has 0 saturated carbocycles. The summed E-state index contributed by atoms with van der Waals surface area (Å²) in [7, 11) is 0. The zero-order chi connectivity index (χ0) is 30.1. The molecule has 3 amide bonds. The molecule has 222 valence electrons. The molecule has 2 unspecified atom stereocenters. The number of carbonyl (C=O) groups is 5. The average Bonchev–Trinajstić information content (AvgIpc) is 3.51. The predicted molar refractivity (Wildman–Crippen MR) is 149 cm³/mol. The van der Waals surface area contributed by atoms with E-state index in [4.69, 9.17) is 9.84 Å². The van der Waals surface area contributed by atoms with Crippen LogP contribution in [0.25, 0.3) is 0 Å². The standard InChI is InChI=1S/C23H29N7O8S3/c1-12(31)30(17-13(5-6-39-17)7-24-21(37)38-22(2,3)4)15-16(34)28-9-23(19(35)36,10-40-18(15)28)11-41-20-25-26-27-29(20)8-14(32)33/h5-6,15,18H,7-11H2,1-4H3,(H,24,37)(H,32,33)(H,35,36)/t15?,18-,23?/m1/s1. The van der Waals surface area contributed by atoms with Gasteiger partial charge in [-0.25, -0.2) is 9.48 Å². The Balaban J connectivity index is 1.47. The van der Waals surface area contributed by atoms with Gasteiger partial charge in [-0.1, -0.05) is 11.8 Å². The number of carbonyl (C=O) groups excluding carboxylic acids is 3. The normalized spacial score (nSPS) is 22.0. The van der Waals surface area contributed by atoms with Crippen LogP contribution in [0.2, 0.25) is 0 Å². The van der Waals surface area contributed by atoms with Gasteiger partial charge in [0.2, 0.25) is 17.0 Å². The predicted octanol–water partition coefficient (Wildman–Crippen LogP) is 1.34. The molecule has 0 aliphatic carbocycles. The minimum atomic E-state index is -1.35. The number of tetrazole rings is 1. The first-order valence-corrected chi connectivity index (χ1v) is 15.2. The fourth-order valence-corrected chi connectivity index (χ4v) is 8.13. The van der Waals surface area contributed by atoms with Crippen molar-refractivity contribution in [2.45, 2.75) is 63.0 Å². The Morgan fingerprint density at radius 1 is 1.29 bits per heavy atom. The van der Waals surface area contributed by atoms with Gasteiger partial charge in [0.05, 0.1) is 0 Å².